The zero-order valence-electron chi connectivity index (χ0n) is 20.4. The van der Waals surface area contributed by atoms with Gasteiger partial charge in [0.1, 0.15) is 18.1 Å². The SMILES string of the molecule is CCOP(=O)(CCCN1CCC2(CC1)COc1cc(OCc3c(Cl)cccc3Cl)ccc12)OCC. The van der Waals surface area contributed by atoms with Gasteiger partial charge in [-0.15, -0.1) is 0 Å². The topological polar surface area (TPSA) is 57.2 Å². The van der Waals surface area contributed by atoms with E-state index in [9.17, 15) is 4.57 Å². The molecule has 0 amide bonds. The average molecular weight is 542 g/mol. The van der Waals surface area contributed by atoms with E-state index in [0.717, 1.165) is 56.0 Å². The van der Waals surface area contributed by atoms with Crippen LogP contribution in [0, 0.1) is 0 Å². The molecule has 2 aromatic carbocycles. The number of likely N-dealkylation sites (tertiary alicyclic amines) is 1. The zero-order chi connectivity index (χ0) is 24.9. The lowest BCUT2D eigenvalue weighted by Gasteiger charge is -2.38. The molecule has 1 spiro atoms. The van der Waals surface area contributed by atoms with Gasteiger partial charge >= 0.3 is 7.60 Å². The van der Waals surface area contributed by atoms with Gasteiger partial charge in [-0.3, -0.25) is 4.57 Å². The lowest BCUT2D eigenvalue weighted by Crippen LogP contribution is -2.44. The Kier molecular flexibility index (Phi) is 9.07. The Morgan fingerprint density at radius 1 is 1.06 bits per heavy atom. The molecular formula is C26H34Cl2NO5P. The van der Waals surface area contributed by atoms with E-state index in [4.69, 9.17) is 41.7 Å². The molecule has 0 radical (unpaired) electrons. The summed E-state index contributed by atoms with van der Waals surface area (Å²) in [5.41, 5.74) is 2.08. The van der Waals surface area contributed by atoms with Crippen LogP contribution in [0.25, 0.3) is 0 Å². The van der Waals surface area contributed by atoms with Gasteiger partial charge in [0.25, 0.3) is 0 Å². The summed E-state index contributed by atoms with van der Waals surface area (Å²) >= 11 is 12.5. The smallest absolute Gasteiger partial charge is 0.330 e. The van der Waals surface area contributed by atoms with Crippen molar-refractivity contribution < 1.29 is 23.1 Å². The molecule has 0 aliphatic carbocycles. The van der Waals surface area contributed by atoms with Crippen LogP contribution in [0.4, 0.5) is 0 Å². The molecule has 35 heavy (non-hydrogen) atoms. The monoisotopic (exact) mass is 541 g/mol. The van der Waals surface area contributed by atoms with Crippen molar-refractivity contribution in [3.05, 3.63) is 57.6 Å². The minimum atomic E-state index is -2.97. The highest BCUT2D eigenvalue weighted by atomic mass is 35.5. The molecule has 0 N–H and O–H groups in total. The highest BCUT2D eigenvalue weighted by Gasteiger charge is 2.43. The molecule has 9 heteroatoms. The van der Waals surface area contributed by atoms with Gasteiger partial charge in [0.15, 0.2) is 0 Å². The number of fused-ring (bicyclic) bond motifs is 2. The van der Waals surface area contributed by atoms with Crippen LogP contribution >= 0.6 is 30.8 Å². The molecule has 6 nitrogen and oxygen atoms in total. The van der Waals surface area contributed by atoms with Gasteiger partial charge in [-0.25, -0.2) is 0 Å². The first-order chi connectivity index (χ1) is 16.9. The summed E-state index contributed by atoms with van der Waals surface area (Å²) in [5, 5.41) is 1.19. The number of hydrogen-bond donors (Lipinski definition) is 0. The lowest BCUT2D eigenvalue weighted by atomic mass is 9.74. The molecule has 0 unspecified atom stereocenters. The van der Waals surface area contributed by atoms with Crippen LogP contribution < -0.4 is 9.47 Å². The fourth-order valence-corrected chi connectivity index (χ4v) is 7.09. The Hall–Kier alpha value is -1.27. The van der Waals surface area contributed by atoms with Crippen LogP contribution in [0.5, 0.6) is 11.5 Å². The predicted molar refractivity (Wildman–Crippen MR) is 140 cm³/mol. The molecule has 0 saturated carbocycles. The summed E-state index contributed by atoms with van der Waals surface area (Å²) in [4.78, 5) is 2.44. The van der Waals surface area contributed by atoms with Gasteiger partial charge in [-0.05, 0) is 70.9 Å². The molecule has 0 aromatic heterocycles. The second-order valence-electron chi connectivity index (χ2n) is 9.08. The Morgan fingerprint density at radius 2 is 1.74 bits per heavy atom. The quantitative estimate of drug-likeness (QED) is 0.287. The molecule has 4 rings (SSSR count). The maximum absolute atomic E-state index is 12.7. The lowest BCUT2D eigenvalue weighted by molar-refractivity contribution is 0.134. The third-order valence-corrected chi connectivity index (χ3v) is 9.72. The number of nitrogens with zero attached hydrogens (tertiary/aromatic N) is 1. The second kappa shape index (κ2) is 11.9. The van der Waals surface area contributed by atoms with Crippen molar-refractivity contribution in [2.24, 2.45) is 0 Å². The fraction of sp³-hybridized carbons (Fsp3) is 0.538. The number of ether oxygens (including phenoxy) is 2. The van der Waals surface area contributed by atoms with E-state index in [0.29, 0.717) is 42.6 Å². The molecule has 2 aliphatic rings. The van der Waals surface area contributed by atoms with Crippen LogP contribution in [-0.2, 0) is 25.6 Å². The number of benzene rings is 2. The van der Waals surface area contributed by atoms with Gasteiger partial charge in [0.2, 0.25) is 0 Å². The summed E-state index contributed by atoms with van der Waals surface area (Å²) < 4.78 is 35.6. The third kappa shape index (κ3) is 6.36. The van der Waals surface area contributed by atoms with E-state index < -0.39 is 7.60 Å². The normalized spacial score (nSPS) is 17.4. The van der Waals surface area contributed by atoms with Crippen LogP contribution in [0.15, 0.2) is 36.4 Å². The summed E-state index contributed by atoms with van der Waals surface area (Å²) in [7, 11) is -2.97. The number of hydrogen-bond acceptors (Lipinski definition) is 6. The molecule has 0 bridgehead atoms. The molecule has 192 valence electrons. The van der Waals surface area contributed by atoms with Crippen molar-refractivity contribution in [3.8, 4) is 11.5 Å². The van der Waals surface area contributed by atoms with Gasteiger partial charge in [0, 0.05) is 32.7 Å². The Morgan fingerprint density at radius 3 is 2.40 bits per heavy atom. The summed E-state index contributed by atoms with van der Waals surface area (Å²) in [5.74, 6) is 1.64. The van der Waals surface area contributed by atoms with Crippen LogP contribution in [0.3, 0.4) is 0 Å². The van der Waals surface area contributed by atoms with Crippen molar-refractivity contribution in [1.82, 2.24) is 4.90 Å². The van der Waals surface area contributed by atoms with E-state index in [2.05, 4.69) is 11.0 Å². The second-order valence-corrected chi connectivity index (χ2v) is 12.1. The van der Waals surface area contributed by atoms with Crippen molar-refractivity contribution in [3.63, 3.8) is 0 Å². The summed E-state index contributed by atoms with van der Waals surface area (Å²) in [6.45, 7) is 8.37. The van der Waals surface area contributed by atoms with Crippen molar-refractivity contribution >= 4 is 30.8 Å². The van der Waals surface area contributed by atoms with E-state index >= 15 is 0 Å². The molecule has 2 aliphatic heterocycles. The Bertz CT molecular complexity index is 1030. The van der Waals surface area contributed by atoms with E-state index in [-0.39, 0.29) is 5.41 Å². The number of halogens is 2. The largest absolute Gasteiger partial charge is 0.492 e. The van der Waals surface area contributed by atoms with Crippen molar-refractivity contribution in [2.75, 3.05) is 45.6 Å². The predicted octanol–water partition coefficient (Wildman–Crippen LogP) is 6.95. The van der Waals surface area contributed by atoms with E-state index in [1.807, 2.05) is 44.2 Å². The molecular weight excluding hydrogens is 508 g/mol. The van der Waals surface area contributed by atoms with Crippen LogP contribution in [-0.4, -0.2) is 50.5 Å². The third-order valence-electron chi connectivity index (χ3n) is 6.84. The van der Waals surface area contributed by atoms with Gasteiger partial charge in [0.05, 0.1) is 26.0 Å². The van der Waals surface area contributed by atoms with Crippen molar-refractivity contribution in [1.29, 1.82) is 0 Å². The molecule has 0 atom stereocenters. The first-order valence-corrected chi connectivity index (χ1v) is 14.8. The Labute approximate surface area is 218 Å². The standard InChI is InChI=1S/C26H34Cl2NO5P/c1-3-33-35(30,34-4-2)16-6-13-29-14-11-26(12-15-29)19-32-25-17-20(9-10-22(25)26)31-18-21-23(27)7-5-8-24(21)28/h5,7-10,17H,3-4,6,11-16,18-19H2,1-2H3. The number of rotatable bonds is 11. The fourth-order valence-electron chi connectivity index (χ4n) is 4.94. The van der Waals surface area contributed by atoms with Gasteiger partial charge < -0.3 is 23.4 Å². The summed E-state index contributed by atoms with van der Waals surface area (Å²) in [6, 6.07) is 11.6. The highest BCUT2D eigenvalue weighted by Crippen LogP contribution is 2.49. The molecule has 2 aromatic rings. The maximum atomic E-state index is 12.7. The van der Waals surface area contributed by atoms with Gasteiger partial charge in [-0.2, -0.15) is 0 Å². The van der Waals surface area contributed by atoms with E-state index in [1.54, 1.807) is 0 Å². The van der Waals surface area contributed by atoms with Crippen LogP contribution in [0.1, 0.15) is 44.2 Å². The zero-order valence-corrected chi connectivity index (χ0v) is 22.8. The summed E-state index contributed by atoms with van der Waals surface area (Å²) in [6.07, 6.45) is 3.33. The van der Waals surface area contributed by atoms with Crippen molar-refractivity contribution in [2.45, 2.75) is 45.1 Å². The Balaban J connectivity index is 1.31. The van der Waals surface area contributed by atoms with Gasteiger partial charge in [-0.1, -0.05) is 35.3 Å². The average Bonchev–Trinajstić information content (AvgIpc) is 3.18. The molecule has 1 saturated heterocycles. The minimum Gasteiger partial charge on any atom is -0.492 e. The number of piperidine rings is 1. The highest BCUT2D eigenvalue weighted by molar-refractivity contribution is 7.53. The van der Waals surface area contributed by atoms with E-state index in [1.165, 1.54) is 5.56 Å². The minimum absolute atomic E-state index is 0.0440. The molecule has 2 heterocycles. The maximum Gasteiger partial charge on any atom is 0.330 e. The first kappa shape index (κ1) is 26.8. The molecule has 1 fully saturated rings. The first-order valence-electron chi connectivity index (χ1n) is 12.3. The van der Waals surface area contributed by atoms with Crippen LogP contribution in [0.2, 0.25) is 10.0 Å².